The third-order valence-electron chi connectivity index (χ3n) is 3.82. The molecular weight excluding hydrogens is 306 g/mol. The van der Waals surface area contributed by atoms with Gasteiger partial charge in [0.15, 0.2) is 0 Å². The van der Waals surface area contributed by atoms with Crippen LogP contribution in [0.1, 0.15) is 29.6 Å². The molecule has 19 heavy (non-hydrogen) atoms. The van der Waals surface area contributed by atoms with Crippen molar-refractivity contribution >= 4 is 21.8 Å². The van der Waals surface area contributed by atoms with Gasteiger partial charge in [0, 0.05) is 35.1 Å². The Bertz CT molecular complexity index is 450. The van der Waals surface area contributed by atoms with Crippen LogP contribution in [0.25, 0.3) is 0 Å². The van der Waals surface area contributed by atoms with Crippen LogP contribution in [0.2, 0.25) is 0 Å². The highest BCUT2D eigenvalue weighted by Crippen LogP contribution is 2.30. The Balaban J connectivity index is 1.71. The maximum Gasteiger partial charge on any atom is 0.254 e. The monoisotopic (exact) mass is 323 g/mol. The van der Waals surface area contributed by atoms with Crippen LogP contribution in [0.4, 0.5) is 0 Å². The van der Waals surface area contributed by atoms with Crippen LogP contribution in [-0.4, -0.2) is 36.6 Å². The second-order valence-corrected chi connectivity index (χ2v) is 6.34. The molecule has 1 aliphatic carbocycles. The molecule has 2 aliphatic rings. The van der Waals surface area contributed by atoms with Crippen LogP contribution in [0.5, 0.6) is 0 Å². The molecule has 3 nitrogen and oxygen atoms in total. The normalized spacial score (nSPS) is 22.5. The van der Waals surface area contributed by atoms with Gasteiger partial charge in [0.2, 0.25) is 0 Å². The number of ether oxygens (including phenoxy) is 1. The van der Waals surface area contributed by atoms with Crippen molar-refractivity contribution in [2.24, 2.45) is 5.92 Å². The largest absolute Gasteiger partial charge is 0.381 e. The van der Waals surface area contributed by atoms with Gasteiger partial charge in [-0.2, -0.15) is 0 Å². The molecule has 0 spiro atoms. The maximum atomic E-state index is 12.6. The molecule has 1 amide bonds. The van der Waals surface area contributed by atoms with Gasteiger partial charge in [-0.15, -0.1) is 0 Å². The highest BCUT2D eigenvalue weighted by molar-refractivity contribution is 9.10. The molecule has 1 aliphatic heterocycles. The summed E-state index contributed by atoms with van der Waals surface area (Å²) in [5.41, 5.74) is 0.786. The van der Waals surface area contributed by atoms with Crippen LogP contribution in [0.3, 0.4) is 0 Å². The van der Waals surface area contributed by atoms with E-state index in [0.29, 0.717) is 12.0 Å². The lowest BCUT2D eigenvalue weighted by Gasteiger charge is -2.25. The van der Waals surface area contributed by atoms with Crippen molar-refractivity contribution in [3.05, 3.63) is 34.3 Å². The van der Waals surface area contributed by atoms with Crippen molar-refractivity contribution in [2.45, 2.75) is 25.3 Å². The summed E-state index contributed by atoms with van der Waals surface area (Å²) < 4.78 is 6.42. The number of hydrogen-bond acceptors (Lipinski definition) is 2. The highest BCUT2D eigenvalue weighted by Gasteiger charge is 2.35. The molecule has 1 heterocycles. The summed E-state index contributed by atoms with van der Waals surface area (Å²) in [6.07, 6.45) is 3.38. The van der Waals surface area contributed by atoms with E-state index in [4.69, 9.17) is 4.74 Å². The predicted octanol–water partition coefficient (Wildman–Crippen LogP) is 3.09. The van der Waals surface area contributed by atoms with Gasteiger partial charge in [0.05, 0.1) is 6.61 Å². The number of carbonyl (C=O) groups is 1. The van der Waals surface area contributed by atoms with Crippen molar-refractivity contribution < 1.29 is 9.53 Å². The smallest absolute Gasteiger partial charge is 0.254 e. The molecular formula is C15H18BrNO2. The molecule has 3 rings (SSSR count). The second-order valence-electron chi connectivity index (χ2n) is 5.43. The van der Waals surface area contributed by atoms with Crippen LogP contribution in [0, 0.1) is 5.92 Å². The minimum absolute atomic E-state index is 0.168. The Morgan fingerprint density at radius 2 is 2.00 bits per heavy atom. The molecule has 4 heteroatoms. The molecule has 102 valence electrons. The van der Waals surface area contributed by atoms with Crippen molar-refractivity contribution in [1.29, 1.82) is 0 Å². The lowest BCUT2D eigenvalue weighted by Crippen LogP contribution is -2.37. The van der Waals surface area contributed by atoms with Gasteiger partial charge in [0.1, 0.15) is 0 Å². The third-order valence-corrected chi connectivity index (χ3v) is 4.35. The minimum atomic E-state index is 0.168. The van der Waals surface area contributed by atoms with Crippen molar-refractivity contribution in [1.82, 2.24) is 4.90 Å². The van der Waals surface area contributed by atoms with Gasteiger partial charge in [-0.3, -0.25) is 4.79 Å². The summed E-state index contributed by atoms with van der Waals surface area (Å²) in [7, 11) is 0. The molecule has 1 saturated heterocycles. The fourth-order valence-corrected chi connectivity index (χ4v) is 2.81. The van der Waals surface area contributed by atoms with Gasteiger partial charge >= 0.3 is 0 Å². The van der Waals surface area contributed by atoms with Crippen molar-refractivity contribution in [3.63, 3.8) is 0 Å². The third kappa shape index (κ3) is 3.18. The summed E-state index contributed by atoms with van der Waals surface area (Å²) >= 11 is 3.40. The highest BCUT2D eigenvalue weighted by atomic mass is 79.9. The maximum absolute atomic E-state index is 12.6. The first-order chi connectivity index (χ1) is 9.24. The molecule has 1 aromatic rings. The number of amides is 1. The Morgan fingerprint density at radius 3 is 2.58 bits per heavy atom. The molecule has 0 unspecified atom stereocenters. The molecule has 0 radical (unpaired) electrons. The fraction of sp³-hybridized carbons (Fsp3) is 0.533. The Kier molecular flexibility index (Phi) is 3.89. The van der Waals surface area contributed by atoms with E-state index in [-0.39, 0.29) is 5.91 Å². The van der Waals surface area contributed by atoms with E-state index in [9.17, 15) is 4.79 Å². The topological polar surface area (TPSA) is 29.5 Å². The van der Waals surface area contributed by atoms with Gasteiger partial charge in [-0.25, -0.2) is 0 Å². The Hall–Kier alpha value is -0.870. The number of benzene rings is 1. The van der Waals surface area contributed by atoms with E-state index < -0.39 is 0 Å². The number of halogens is 1. The first-order valence-corrected chi connectivity index (χ1v) is 7.67. The van der Waals surface area contributed by atoms with Crippen molar-refractivity contribution in [2.75, 3.05) is 19.8 Å². The quantitative estimate of drug-likeness (QED) is 0.852. The second kappa shape index (κ2) is 5.63. The number of rotatable bonds is 4. The summed E-state index contributed by atoms with van der Waals surface area (Å²) in [6.45, 7) is 2.49. The minimum Gasteiger partial charge on any atom is -0.381 e. The predicted molar refractivity (Wildman–Crippen MR) is 77.1 cm³/mol. The number of nitrogens with zero attached hydrogens (tertiary/aromatic N) is 1. The van der Waals surface area contributed by atoms with Crippen molar-refractivity contribution in [3.8, 4) is 0 Å². The summed E-state index contributed by atoms with van der Waals surface area (Å²) in [5.74, 6) is 0.682. The molecule has 2 fully saturated rings. The molecule has 1 aromatic carbocycles. The first-order valence-electron chi connectivity index (χ1n) is 6.88. The Morgan fingerprint density at radius 1 is 1.26 bits per heavy atom. The standard InChI is InChI=1S/C15H18BrNO2/c16-13-3-1-12(2-4-13)15(18)17(14-5-6-14)9-11-7-8-19-10-11/h1-4,11,14H,5-10H2/t11-/m1/s1. The van der Waals surface area contributed by atoms with Crippen LogP contribution < -0.4 is 0 Å². The van der Waals surface area contributed by atoms with Gasteiger partial charge in [0.25, 0.3) is 5.91 Å². The zero-order valence-electron chi connectivity index (χ0n) is 10.8. The van der Waals surface area contributed by atoms with E-state index in [1.165, 1.54) is 0 Å². The average molecular weight is 324 g/mol. The van der Waals surface area contributed by atoms with Crippen LogP contribution >= 0.6 is 15.9 Å². The molecule has 0 aromatic heterocycles. The SMILES string of the molecule is O=C(c1ccc(Br)cc1)N(C[C@H]1CCOC1)C1CC1. The fourth-order valence-electron chi connectivity index (χ4n) is 2.55. The zero-order chi connectivity index (χ0) is 13.2. The number of carbonyl (C=O) groups excluding carboxylic acids is 1. The van der Waals surface area contributed by atoms with E-state index in [1.54, 1.807) is 0 Å². The van der Waals surface area contributed by atoms with Gasteiger partial charge in [-0.1, -0.05) is 15.9 Å². The lowest BCUT2D eigenvalue weighted by atomic mass is 10.1. The summed E-state index contributed by atoms with van der Waals surface area (Å²) in [6, 6.07) is 8.10. The average Bonchev–Trinajstić information content (AvgIpc) is 3.13. The van der Waals surface area contributed by atoms with Gasteiger partial charge < -0.3 is 9.64 Å². The lowest BCUT2D eigenvalue weighted by molar-refractivity contribution is 0.0706. The van der Waals surface area contributed by atoms with E-state index in [0.717, 1.165) is 49.1 Å². The summed E-state index contributed by atoms with van der Waals surface area (Å²) in [5, 5.41) is 0. The molecule has 1 saturated carbocycles. The number of hydrogen-bond donors (Lipinski definition) is 0. The molecule has 1 atom stereocenters. The van der Waals surface area contributed by atoms with E-state index >= 15 is 0 Å². The Labute approximate surface area is 122 Å². The van der Waals surface area contributed by atoms with Gasteiger partial charge in [-0.05, 0) is 43.5 Å². The zero-order valence-corrected chi connectivity index (χ0v) is 12.4. The summed E-state index contributed by atoms with van der Waals surface area (Å²) in [4.78, 5) is 14.7. The van der Waals surface area contributed by atoms with E-state index in [1.807, 2.05) is 24.3 Å². The first kappa shape index (κ1) is 13.1. The van der Waals surface area contributed by atoms with E-state index in [2.05, 4.69) is 20.8 Å². The molecule has 0 N–H and O–H groups in total. The molecule has 0 bridgehead atoms. The van der Waals surface area contributed by atoms with Crippen LogP contribution in [-0.2, 0) is 4.74 Å². The van der Waals surface area contributed by atoms with Crippen LogP contribution in [0.15, 0.2) is 28.7 Å².